The molecule has 0 spiro atoms. The Morgan fingerprint density at radius 3 is 2.79 bits per heavy atom. The maximum atomic E-state index is 10.6. The number of aldehydes is 1. The highest BCUT2D eigenvalue weighted by atomic mass is 16.6. The van der Waals surface area contributed by atoms with Crippen molar-refractivity contribution in [2.45, 2.75) is 6.42 Å². The molecule has 14 heavy (non-hydrogen) atoms. The summed E-state index contributed by atoms with van der Waals surface area (Å²) in [7, 11) is 0. The van der Waals surface area contributed by atoms with Crippen molar-refractivity contribution in [2.24, 2.45) is 0 Å². The second-order valence-corrected chi connectivity index (χ2v) is 2.56. The molecular formula is C9H6N2O3. The number of hydrogen-bond acceptors (Lipinski definition) is 4. The molecule has 70 valence electrons. The summed E-state index contributed by atoms with van der Waals surface area (Å²) in [6, 6.07) is 6.15. The lowest BCUT2D eigenvalue weighted by atomic mass is 10.1. The lowest BCUT2D eigenvalue weighted by Crippen LogP contribution is -1.99. The van der Waals surface area contributed by atoms with E-state index in [1.165, 1.54) is 18.2 Å². The van der Waals surface area contributed by atoms with E-state index in [1.54, 1.807) is 0 Å². The summed E-state index contributed by atoms with van der Waals surface area (Å²) in [4.78, 5) is 20.5. The predicted molar refractivity (Wildman–Crippen MR) is 47.8 cm³/mol. The molecule has 1 rings (SSSR count). The second-order valence-electron chi connectivity index (χ2n) is 2.56. The molecule has 0 fully saturated rings. The van der Waals surface area contributed by atoms with E-state index in [0.717, 1.165) is 0 Å². The first-order valence-corrected chi connectivity index (χ1v) is 3.79. The van der Waals surface area contributed by atoms with E-state index in [9.17, 15) is 14.9 Å². The van der Waals surface area contributed by atoms with Gasteiger partial charge in [0.15, 0.2) is 6.29 Å². The van der Waals surface area contributed by atoms with Gasteiger partial charge in [-0.1, -0.05) is 12.1 Å². The number of benzene rings is 1. The molecule has 5 heteroatoms. The molecule has 0 N–H and O–H groups in total. The molecule has 1 aromatic carbocycles. The highest BCUT2D eigenvalue weighted by Gasteiger charge is 2.18. The highest BCUT2D eigenvalue weighted by molar-refractivity contribution is 5.82. The van der Waals surface area contributed by atoms with Gasteiger partial charge in [0.1, 0.15) is 0 Å². The van der Waals surface area contributed by atoms with Crippen molar-refractivity contribution in [2.75, 3.05) is 0 Å². The normalized spacial score (nSPS) is 9.07. The van der Waals surface area contributed by atoms with Gasteiger partial charge in [-0.2, -0.15) is 5.26 Å². The Balaban J connectivity index is 3.36. The summed E-state index contributed by atoms with van der Waals surface area (Å²) >= 11 is 0. The van der Waals surface area contributed by atoms with Crippen molar-refractivity contribution in [3.8, 4) is 6.07 Å². The van der Waals surface area contributed by atoms with Crippen LogP contribution in [0.3, 0.4) is 0 Å². The van der Waals surface area contributed by atoms with E-state index in [1.807, 2.05) is 6.07 Å². The fraction of sp³-hybridized carbons (Fsp3) is 0.111. The Morgan fingerprint density at radius 2 is 2.29 bits per heavy atom. The van der Waals surface area contributed by atoms with Gasteiger partial charge in [0.2, 0.25) is 0 Å². The molecule has 0 aliphatic carbocycles. The third-order valence-corrected chi connectivity index (χ3v) is 1.73. The number of para-hydroxylation sites is 1. The quantitative estimate of drug-likeness (QED) is 0.410. The molecule has 0 aromatic heterocycles. The van der Waals surface area contributed by atoms with Crippen molar-refractivity contribution in [3.05, 3.63) is 39.4 Å². The average molecular weight is 190 g/mol. The van der Waals surface area contributed by atoms with Crippen molar-refractivity contribution >= 4 is 12.0 Å². The molecule has 5 nitrogen and oxygen atoms in total. The summed E-state index contributed by atoms with van der Waals surface area (Å²) in [5, 5.41) is 19.0. The minimum Gasteiger partial charge on any atom is -0.298 e. The van der Waals surface area contributed by atoms with E-state index in [2.05, 4.69) is 0 Å². The standard InChI is InChI=1S/C9H6N2O3/c10-5-4-7-2-1-3-8(6-12)9(7)11(13)14/h1-3,6H,4H2. The lowest BCUT2D eigenvalue weighted by Gasteiger charge is -1.99. The summed E-state index contributed by atoms with van der Waals surface area (Å²) in [5.41, 5.74) is -0.00565. The number of hydrogen-bond donors (Lipinski definition) is 0. The molecule has 0 saturated carbocycles. The Kier molecular flexibility index (Phi) is 2.92. The van der Waals surface area contributed by atoms with Crippen molar-refractivity contribution in [1.29, 1.82) is 5.26 Å². The first-order chi connectivity index (χ1) is 6.70. The Morgan fingerprint density at radius 1 is 1.57 bits per heavy atom. The van der Waals surface area contributed by atoms with Gasteiger partial charge in [-0.05, 0) is 6.07 Å². The van der Waals surface area contributed by atoms with E-state index in [4.69, 9.17) is 5.26 Å². The minimum absolute atomic E-state index is 0.00255. The number of nitro groups is 1. The maximum absolute atomic E-state index is 10.6. The molecule has 1 aromatic rings. The molecule has 0 saturated heterocycles. The molecule has 0 heterocycles. The van der Waals surface area contributed by atoms with Gasteiger partial charge in [0, 0.05) is 5.56 Å². The zero-order chi connectivity index (χ0) is 10.6. The van der Waals surface area contributed by atoms with Crippen LogP contribution in [0.4, 0.5) is 5.69 Å². The molecule has 0 bridgehead atoms. The Bertz CT molecular complexity index is 421. The molecule has 0 amide bonds. The highest BCUT2D eigenvalue weighted by Crippen LogP contribution is 2.22. The zero-order valence-corrected chi connectivity index (χ0v) is 7.14. The van der Waals surface area contributed by atoms with E-state index in [0.29, 0.717) is 6.29 Å². The number of nitrogens with zero attached hydrogens (tertiary/aromatic N) is 2. The third-order valence-electron chi connectivity index (χ3n) is 1.73. The molecule has 0 aliphatic rings. The van der Waals surface area contributed by atoms with E-state index >= 15 is 0 Å². The minimum atomic E-state index is -0.642. The van der Waals surface area contributed by atoms with Gasteiger partial charge in [0.25, 0.3) is 5.69 Å². The van der Waals surface area contributed by atoms with Gasteiger partial charge < -0.3 is 0 Å². The van der Waals surface area contributed by atoms with Gasteiger partial charge in [0.05, 0.1) is 23.0 Å². The van der Waals surface area contributed by atoms with E-state index < -0.39 is 4.92 Å². The van der Waals surface area contributed by atoms with Gasteiger partial charge in [-0.15, -0.1) is 0 Å². The van der Waals surface area contributed by atoms with Crippen LogP contribution in [0.5, 0.6) is 0 Å². The number of carbonyl (C=O) groups is 1. The van der Waals surface area contributed by atoms with Crippen molar-refractivity contribution in [3.63, 3.8) is 0 Å². The van der Waals surface area contributed by atoms with Crippen LogP contribution >= 0.6 is 0 Å². The summed E-state index contributed by atoms with van der Waals surface area (Å²) < 4.78 is 0. The van der Waals surface area contributed by atoms with E-state index in [-0.39, 0.29) is 23.2 Å². The van der Waals surface area contributed by atoms with Crippen LogP contribution in [0.1, 0.15) is 15.9 Å². The Labute approximate surface area is 79.7 Å². The van der Waals surface area contributed by atoms with Crippen LogP contribution < -0.4 is 0 Å². The molecule has 0 atom stereocenters. The van der Waals surface area contributed by atoms with Crippen LogP contribution in [0.25, 0.3) is 0 Å². The predicted octanol–water partition coefficient (Wildman–Crippen LogP) is 1.47. The summed E-state index contributed by atoms with van der Waals surface area (Å²) in [6.07, 6.45) is 0.344. The maximum Gasteiger partial charge on any atom is 0.284 e. The SMILES string of the molecule is N#CCc1cccc(C=O)c1[N+](=O)[O-]. The topological polar surface area (TPSA) is 84.0 Å². The fourth-order valence-corrected chi connectivity index (χ4v) is 1.16. The van der Waals surface area contributed by atoms with Crippen molar-refractivity contribution in [1.82, 2.24) is 0 Å². The second kappa shape index (κ2) is 4.14. The molecular weight excluding hydrogens is 184 g/mol. The van der Waals surface area contributed by atoms with Crippen LogP contribution in [0.15, 0.2) is 18.2 Å². The monoisotopic (exact) mass is 190 g/mol. The van der Waals surface area contributed by atoms with Crippen LogP contribution in [0.2, 0.25) is 0 Å². The lowest BCUT2D eigenvalue weighted by molar-refractivity contribution is -0.385. The molecule has 0 radical (unpaired) electrons. The van der Waals surface area contributed by atoms with Gasteiger partial charge in [-0.3, -0.25) is 14.9 Å². The first-order valence-electron chi connectivity index (χ1n) is 3.79. The van der Waals surface area contributed by atoms with Crippen LogP contribution in [0, 0.1) is 21.4 Å². The molecule has 0 unspecified atom stereocenters. The Hall–Kier alpha value is -2.22. The smallest absolute Gasteiger partial charge is 0.284 e. The third kappa shape index (κ3) is 1.75. The number of nitriles is 1. The summed E-state index contributed by atoms with van der Waals surface area (Å²) in [6.45, 7) is 0. The number of carbonyl (C=O) groups excluding carboxylic acids is 1. The number of rotatable bonds is 3. The zero-order valence-electron chi connectivity index (χ0n) is 7.14. The van der Waals surface area contributed by atoms with Crippen LogP contribution in [-0.2, 0) is 6.42 Å². The molecule has 0 aliphatic heterocycles. The fourth-order valence-electron chi connectivity index (χ4n) is 1.16. The summed E-state index contributed by atoms with van der Waals surface area (Å²) in [5.74, 6) is 0. The van der Waals surface area contributed by atoms with Gasteiger partial charge >= 0.3 is 0 Å². The van der Waals surface area contributed by atoms with Gasteiger partial charge in [-0.25, -0.2) is 0 Å². The van der Waals surface area contributed by atoms with Crippen LogP contribution in [-0.4, -0.2) is 11.2 Å². The first kappa shape index (κ1) is 9.86. The van der Waals surface area contributed by atoms with Crippen molar-refractivity contribution < 1.29 is 9.72 Å². The average Bonchev–Trinajstić information content (AvgIpc) is 2.17. The number of nitro benzene ring substituents is 1. The largest absolute Gasteiger partial charge is 0.298 e.